The number of hydrogen-bond donors (Lipinski definition) is 2. The SMILES string of the molecule is COC(=O)c1ccc(Nc2nc(C)cc(C(=O)NCc3ccc(C)cc3)n2)cc1. The summed E-state index contributed by atoms with van der Waals surface area (Å²) in [5.41, 5.74) is 4.25. The summed E-state index contributed by atoms with van der Waals surface area (Å²) in [5.74, 6) is -0.382. The molecule has 3 aromatic rings. The number of methoxy groups -OCH3 is 1. The van der Waals surface area contributed by atoms with Gasteiger partial charge in [0.15, 0.2) is 0 Å². The molecule has 1 aromatic heterocycles. The highest BCUT2D eigenvalue weighted by Gasteiger charge is 2.11. The molecule has 29 heavy (non-hydrogen) atoms. The molecule has 0 unspecified atom stereocenters. The predicted molar refractivity (Wildman–Crippen MR) is 110 cm³/mol. The van der Waals surface area contributed by atoms with Crippen molar-refractivity contribution in [2.75, 3.05) is 12.4 Å². The van der Waals surface area contributed by atoms with Crippen molar-refractivity contribution in [2.24, 2.45) is 0 Å². The molecule has 7 heteroatoms. The maximum atomic E-state index is 12.5. The first-order chi connectivity index (χ1) is 13.9. The van der Waals surface area contributed by atoms with Crippen LogP contribution >= 0.6 is 0 Å². The topological polar surface area (TPSA) is 93.2 Å². The van der Waals surface area contributed by atoms with Crippen molar-refractivity contribution >= 4 is 23.5 Å². The normalized spacial score (nSPS) is 10.3. The van der Waals surface area contributed by atoms with Crippen molar-refractivity contribution < 1.29 is 14.3 Å². The van der Waals surface area contributed by atoms with Gasteiger partial charge in [0.1, 0.15) is 5.69 Å². The molecule has 7 nitrogen and oxygen atoms in total. The Morgan fingerprint density at radius 1 is 0.966 bits per heavy atom. The number of nitrogens with zero attached hydrogens (tertiary/aromatic N) is 2. The molecule has 1 heterocycles. The van der Waals surface area contributed by atoms with E-state index in [1.165, 1.54) is 12.7 Å². The van der Waals surface area contributed by atoms with E-state index in [2.05, 4.69) is 25.3 Å². The average molecular weight is 390 g/mol. The third-order valence-electron chi connectivity index (χ3n) is 4.22. The summed E-state index contributed by atoms with van der Waals surface area (Å²) in [5, 5.41) is 5.92. The number of nitrogens with one attached hydrogen (secondary N) is 2. The number of rotatable bonds is 6. The summed E-state index contributed by atoms with van der Waals surface area (Å²) < 4.78 is 4.68. The van der Waals surface area contributed by atoms with Gasteiger partial charge in [0.25, 0.3) is 5.91 Å². The van der Waals surface area contributed by atoms with Gasteiger partial charge in [-0.25, -0.2) is 14.8 Å². The lowest BCUT2D eigenvalue weighted by Crippen LogP contribution is -2.24. The molecule has 1 amide bonds. The molecule has 2 aromatic carbocycles. The fourth-order valence-corrected chi connectivity index (χ4v) is 2.66. The Labute approximate surface area is 169 Å². The third kappa shape index (κ3) is 5.38. The second kappa shape index (κ2) is 8.97. The van der Waals surface area contributed by atoms with E-state index < -0.39 is 5.97 Å². The number of benzene rings is 2. The summed E-state index contributed by atoms with van der Waals surface area (Å²) >= 11 is 0. The molecule has 0 aliphatic heterocycles. The van der Waals surface area contributed by atoms with E-state index in [0.29, 0.717) is 29.4 Å². The van der Waals surface area contributed by atoms with E-state index in [0.717, 1.165) is 5.56 Å². The number of hydrogen-bond acceptors (Lipinski definition) is 6. The maximum absolute atomic E-state index is 12.5. The van der Waals surface area contributed by atoms with Crippen LogP contribution in [0.1, 0.15) is 37.7 Å². The Balaban J connectivity index is 1.69. The Morgan fingerprint density at radius 3 is 2.31 bits per heavy atom. The summed E-state index contributed by atoms with van der Waals surface area (Å²) in [6.45, 7) is 4.23. The van der Waals surface area contributed by atoms with Gasteiger partial charge in [-0.1, -0.05) is 29.8 Å². The molecular formula is C22H22N4O3. The summed E-state index contributed by atoms with van der Waals surface area (Å²) in [4.78, 5) is 32.7. The standard InChI is InChI=1S/C22H22N4O3/c1-14-4-6-16(7-5-14)13-23-20(27)19-12-15(2)24-22(26-19)25-18-10-8-17(9-11-18)21(28)29-3/h4-12H,13H2,1-3H3,(H,23,27)(H,24,25,26). The smallest absolute Gasteiger partial charge is 0.337 e. The van der Waals surface area contributed by atoms with E-state index in [1.54, 1.807) is 37.3 Å². The first-order valence-electron chi connectivity index (χ1n) is 9.09. The number of amides is 1. The third-order valence-corrected chi connectivity index (χ3v) is 4.22. The number of aromatic nitrogens is 2. The zero-order valence-electron chi connectivity index (χ0n) is 16.5. The molecule has 0 atom stereocenters. The highest BCUT2D eigenvalue weighted by atomic mass is 16.5. The number of esters is 1. The second-order valence-corrected chi connectivity index (χ2v) is 6.58. The molecule has 0 aliphatic carbocycles. The van der Waals surface area contributed by atoms with E-state index in [-0.39, 0.29) is 11.6 Å². The molecule has 148 valence electrons. The number of carbonyl (C=O) groups excluding carboxylic acids is 2. The van der Waals surface area contributed by atoms with E-state index in [4.69, 9.17) is 0 Å². The Bertz CT molecular complexity index is 1020. The number of aryl methyl sites for hydroxylation is 2. The van der Waals surface area contributed by atoms with Crippen molar-refractivity contribution in [1.82, 2.24) is 15.3 Å². The predicted octanol–water partition coefficient (Wildman–Crippen LogP) is 3.55. The van der Waals surface area contributed by atoms with Gasteiger partial charge < -0.3 is 15.4 Å². The molecule has 0 saturated heterocycles. The zero-order valence-corrected chi connectivity index (χ0v) is 16.5. The Hall–Kier alpha value is -3.74. The lowest BCUT2D eigenvalue weighted by molar-refractivity contribution is 0.0600. The molecular weight excluding hydrogens is 368 g/mol. The van der Waals surface area contributed by atoms with Crippen molar-refractivity contribution in [3.8, 4) is 0 Å². The van der Waals surface area contributed by atoms with Gasteiger partial charge in [0, 0.05) is 17.9 Å². The van der Waals surface area contributed by atoms with Crippen LogP contribution in [0.3, 0.4) is 0 Å². The largest absolute Gasteiger partial charge is 0.465 e. The number of ether oxygens (including phenoxy) is 1. The average Bonchev–Trinajstić information content (AvgIpc) is 2.72. The molecule has 0 radical (unpaired) electrons. The van der Waals surface area contributed by atoms with Gasteiger partial charge in [0.05, 0.1) is 12.7 Å². The van der Waals surface area contributed by atoms with E-state index >= 15 is 0 Å². The molecule has 0 spiro atoms. The fourth-order valence-electron chi connectivity index (χ4n) is 2.66. The van der Waals surface area contributed by atoms with E-state index in [9.17, 15) is 9.59 Å². The Kier molecular flexibility index (Phi) is 6.19. The highest BCUT2D eigenvalue weighted by molar-refractivity contribution is 5.92. The van der Waals surface area contributed by atoms with Gasteiger partial charge in [-0.05, 0) is 49.7 Å². The molecule has 0 fully saturated rings. The van der Waals surface area contributed by atoms with Gasteiger partial charge in [0.2, 0.25) is 5.95 Å². The monoisotopic (exact) mass is 390 g/mol. The number of anilines is 2. The summed E-state index contributed by atoms with van der Waals surface area (Å²) in [6.07, 6.45) is 0. The van der Waals surface area contributed by atoms with Crippen LogP contribution in [0.2, 0.25) is 0 Å². The minimum absolute atomic E-state index is 0.276. The fraction of sp³-hybridized carbons (Fsp3) is 0.182. The second-order valence-electron chi connectivity index (χ2n) is 6.58. The lowest BCUT2D eigenvalue weighted by Gasteiger charge is -2.09. The first kappa shape index (κ1) is 20.0. The molecule has 3 rings (SSSR count). The molecule has 0 bridgehead atoms. The van der Waals surface area contributed by atoms with Gasteiger partial charge in [-0.15, -0.1) is 0 Å². The van der Waals surface area contributed by atoms with Crippen molar-refractivity contribution in [3.05, 3.63) is 82.7 Å². The molecule has 0 aliphatic rings. The van der Waals surface area contributed by atoms with Crippen LogP contribution in [-0.4, -0.2) is 29.0 Å². The molecule has 2 N–H and O–H groups in total. The van der Waals surface area contributed by atoms with Crippen molar-refractivity contribution in [1.29, 1.82) is 0 Å². The van der Waals surface area contributed by atoms with Crippen LogP contribution < -0.4 is 10.6 Å². The van der Waals surface area contributed by atoms with E-state index in [1.807, 2.05) is 31.2 Å². The van der Waals surface area contributed by atoms with Crippen LogP contribution in [0.4, 0.5) is 11.6 Å². The number of carbonyl (C=O) groups is 2. The first-order valence-corrected chi connectivity index (χ1v) is 9.09. The summed E-state index contributed by atoms with van der Waals surface area (Å²) in [7, 11) is 1.33. The Morgan fingerprint density at radius 2 is 1.66 bits per heavy atom. The highest BCUT2D eigenvalue weighted by Crippen LogP contribution is 2.15. The van der Waals surface area contributed by atoms with Gasteiger partial charge >= 0.3 is 5.97 Å². The zero-order chi connectivity index (χ0) is 20.8. The minimum Gasteiger partial charge on any atom is -0.465 e. The lowest BCUT2D eigenvalue weighted by atomic mass is 10.1. The van der Waals surface area contributed by atoms with Crippen molar-refractivity contribution in [3.63, 3.8) is 0 Å². The summed E-state index contributed by atoms with van der Waals surface area (Å²) in [6, 6.07) is 16.3. The van der Waals surface area contributed by atoms with Gasteiger partial charge in [-0.3, -0.25) is 4.79 Å². The van der Waals surface area contributed by atoms with Crippen LogP contribution in [0.25, 0.3) is 0 Å². The van der Waals surface area contributed by atoms with Gasteiger partial charge in [-0.2, -0.15) is 0 Å². The van der Waals surface area contributed by atoms with Crippen LogP contribution in [-0.2, 0) is 11.3 Å². The minimum atomic E-state index is -0.407. The van der Waals surface area contributed by atoms with Crippen LogP contribution in [0.15, 0.2) is 54.6 Å². The maximum Gasteiger partial charge on any atom is 0.337 e. The van der Waals surface area contributed by atoms with Crippen LogP contribution in [0.5, 0.6) is 0 Å². The van der Waals surface area contributed by atoms with Crippen LogP contribution in [0, 0.1) is 13.8 Å². The quantitative estimate of drug-likeness (QED) is 0.625. The van der Waals surface area contributed by atoms with Crippen molar-refractivity contribution in [2.45, 2.75) is 20.4 Å². The molecule has 0 saturated carbocycles.